The lowest BCUT2D eigenvalue weighted by Gasteiger charge is -2.25. The average Bonchev–Trinajstić information content (AvgIpc) is 2.13. The summed E-state index contributed by atoms with van der Waals surface area (Å²) in [6.45, 7) is 3.13. The molecule has 0 aliphatic carbocycles. The van der Waals surface area contributed by atoms with Crippen molar-refractivity contribution in [1.82, 2.24) is 0 Å². The minimum absolute atomic E-state index is 0.0359. The highest BCUT2D eigenvalue weighted by molar-refractivity contribution is 5.70. The summed E-state index contributed by atoms with van der Waals surface area (Å²) in [6.07, 6.45) is -0.249. The topological polar surface area (TPSA) is 92.5 Å². The summed E-state index contributed by atoms with van der Waals surface area (Å²) in [5, 5.41) is 22.2. The highest BCUT2D eigenvalue weighted by Crippen LogP contribution is 2.28. The van der Waals surface area contributed by atoms with Gasteiger partial charge in [0.15, 0.2) is 0 Å². The molecule has 0 saturated carbocycles. The Bertz CT molecular complexity index is 488. The van der Waals surface area contributed by atoms with Crippen LogP contribution in [0.15, 0.2) is 18.2 Å². The summed E-state index contributed by atoms with van der Waals surface area (Å²) in [5.74, 6) is -1.68. The summed E-state index contributed by atoms with van der Waals surface area (Å²) < 4.78 is 13.1. The van der Waals surface area contributed by atoms with Crippen LogP contribution in [0, 0.1) is 15.9 Å². The Labute approximate surface area is 103 Å². The van der Waals surface area contributed by atoms with E-state index in [0.717, 1.165) is 18.2 Å². The lowest BCUT2D eigenvalue weighted by atomic mass is 10.00. The average molecular weight is 256 g/mol. The first-order chi connectivity index (χ1) is 8.21. The van der Waals surface area contributed by atoms with Crippen molar-refractivity contribution in [1.29, 1.82) is 0 Å². The maximum atomic E-state index is 13.1. The predicted molar refractivity (Wildman–Crippen MR) is 63.0 cm³/mol. The zero-order valence-corrected chi connectivity index (χ0v) is 9.94. The standard InChI is InChI=1S/C11H13FN2O4/c1-11(2,6-10(15)16)13-8-5-7(12)3-4-9(8)14(17)18/h3-5,13H,6H2,1-2H3,(H,15,16). The first-order valence-electron chi connectivity index (χ1n) is 5.15. The Morgan fingerprint density at radius 3 is 2.67 bits per heavy atom. The van der Waals surface area contributed by atoms with Crippen LogP contribution < -0.4 is 5.32 Å². The van der Waals surface area contributed by atoms with E-state index in [1.165, 1.54) is 0 Å². The van der Waals surface area contributed by atoms with Crippen LogP contribution >= 0.6 is 0 Å². The van der Waals surface area contributed by atoms with Gasteiger partial charge in [0.1, 0.15) is 11.5 Å². The first kappa shape index (κ1) is 13.9. The fourth-order valence-corrected chi connectivity index (χ4v) is 1.55. The van der Waals surface area contributed by atoms with Crippen molar-refractivity contribution in [2.24, 2.45) is 0 Å². The molecule has 0 bridgehead atoms. The highest BCUT2D eigenvalue weighted by atomic mass is 19.1. The van der Waals surface area contributed by atoms with E-state index in [1.54, 1.807) is 13.8 Å². The third-order valence-electron chi connectivity index (χ3n) is 2.22. The van der Waals surface area contributed by atoms with Crippen molar-refractivity contribution in [2.75, 3.05) is 5.32 Å². The van der Waals surface area contributed by atoms with Crippen molar-refractivity contribution in [3.05, 3.63) is 34.1 Å². The largest absolute Gasteiger partial charge is 0.481 e. The van der Waals surface area contributed by atoms with Gasteiger partial charge in [-0.15, -0.1) is 0 Å². The van der Waals surface area contributed by atoms with E-state index < -0.39 is 22.2 Å². The molecule has 0 saturated heterocycles. The van der Waals surface area contributed by atoms with Gasteiger partial charge in [-0.1, -0.05) is 0 Å². The third kappa shape index (κ3) is 3.69. The number of anilines is 1. The van der Waals surface area contributed by atoms with Crippen molar-refractivity contribution in [3.8, 4) is 0 Å². The Morgan fingerprint density at radius 1 is 1.56 bits per heavy atom. The number of carbonyl (C=O) groups is 1. The SMILES string of the molecule is CC(C)(CC(=O)O)Nc1cc(F)ccc1[N+](=O)[O-]. The number of aliphatic carboxylic acids is 1. The number of benzene rings is 1. The summed E-state index contributed by atoms with van der Waals surface area (Å²) in [6, 6.07) is 2.99. The fourth-order valence-electron chi connectivity index (χ4n) is 1.55. The number of nitro benzene ring substituents is 1. The van der Waals surface area contributed by atoms with Crippen LogP contribution in [0.4, 0.5) is 15.8 Å². The van der Waals surface area contributed by atoms with Crippen LogP contribution in [0.25, 0.3) is 0 Å². The molecule has 2 N–H and O–H groups in total. The lowest BCUT2D eigenvalue weighted by Crippen LogP contribution is -2.33. The third-order valence-corrected chi connectivity index (χ3v) is 2.22. The smallest absolute Gasteiger partial charge is 0.305 e. The highest BCUT2D eigenvalue weighted by Gasteiger charge is 2.25. The Kier molecular flexibility index (Phi) is 3.85. The van der Waals surface area contributed by atoms with Gasteiger partial charge in [-0.25, -0.2) is 4.39 Å². The van der Waals surface area contributed by atoms with Crippen LogP contribution in [0.3, 0.4) is 0 Å². The number of rotatable bonds is 5. The second-order valence-corrected chi connectivity index (χ2v) is 4.50. The summed E-state index contributed by atoms with van der Waals surface area (Å²) in [5.41, 5.74) is -1.26. The van der Waals surface area contributed by atoms with Gasteiger partial charge in [0, 0.05) is 17.7 Å². The molecule has 0 radical (unpaired) electrons. The minimum atomic E-state index is -1.05. The van der Waals surface area contributed by atoms with Crippen molar-refractivity contribution < 1.29 is 19.2 Å². The molecule has 1 aromatic rings. The van der Waals surface area contributed by atoms with Crippen LogP contribution in [-0.4, -0.2) is 21.5 Å². The monoisotopic (exact) mass is 256 g/mol. The Balaban J connectivity index is 3.05. The predicted octanol–water partition coefficient (Wildman–Crippen LogP) is 2.40. The Hall–Kier alpha value is -2.18. The minimum Gasteiger partial charge on any atom is -0.481 e. The van der Waals surface area contributed by atoms with Gasteiger partial charge in [-0.05, 0) is 19.9 Å². The number of carboxylic acids is 1. The van der Waals surface area contributed by atoms with Crippen molar-refractivity contribution in [2.45, 2.75) is 25.8 Å². The normalized spacial score (nSPS) is 11.1. The van der Waals surface area contributed by atoms with E-state index >= 15 is 0 Å². The van der Waals surface area contributed by atoms with Gasteiger partial charge in [0.25, 0.3) is 5.69 Å². The molecule has 0 fully saturated rings. The number of nitro groups is 1. The van der Waals surface area contributed by atoms with Gasteiger partial charge in [-0.2, -0.15) is 0 Å². The molecule has 0 spiro atoms. The number of nitrogens with zero attached hydrogens (tertiary/aromatic N) is 1. The van der Waals surface area contributed by atoms with E-state index in [4.69, 9.17) is 5.11 Å². The second-order valence-electron chi connectivity index (χ2n) is 4.50. The number of hydrogen-bond donors (Lipinski definition) is 2. The van der Waals surface area contributed by atoms with E-state index in [1.807, 2.05) is 0 Å². The zero-order chi connectivity index (χ0) is 13.9. The van der Waals surface area contributed by atoms with Crippen LogP contribution in [0.1, 0.15) is 20.3 Å². The molecule has 18 heavy (non-hydrogen) atoms. The number of carboxylic acid groups (broad SMARTS) is 1. The lowest BCUT2D eigenvalue weighted by molar-refractivity contribution is -0.384. The molecule has 0 aliphatic rings. The zero-order valence-electron chi connectivity index (χ0n) is 9.94. The van der Waals surface area contributed by atoms with Gasteiger partial charge in [-0.3, -0.25) is 14.9 Å². The quantitative estimate of drug-likeness (QED) is 0.623. The molecule has 0 heterocycles. The van der Waals surface area contributed by atoms with Gasteiger partial charge >= 0.3 is 5.97 Å². The first-order valence-corrected chi connectivity index (χ1v) is 5.15. The molecule has 6 nitrogen and oxygen atoms in total. The molecule has 0 aromatic heterocycles. The molecule has 7 heteroatoms. The molecule has 1 rings (SSSR count). The van der Waals surface area contributed by atoms with E-state index in [2.05, 4.69) is 5.32 Å². The van der Waals surface area contributed by atoms with Crippen LogP contribution in [0.2, 0.25) is 0 Å². The number of hydrogen-bond acceptors (Lipinski definition) is 4. The van der Waals surface area contributed by atoms with Gasteiger partial charge < -0.3 is 10.4 Å². The number of nitrogens with one attached hydrogen (secondary N) is 1. The molecule has 98 valence electrons. The summed E-state index contributed by atoms with van der Waals surface area (Å²) in [7, 11) is 0. The van der Waals surface area contributed by atoms with Gasteiger partial charge in [0.05, 0.1) is 11.3 Å². The van der Waals surface area contributed by atoms with Crippen molar-refractivity contribution >= 4 is 17.3 Å². The fraction of sp³-hybridized carbons (Fsp3) is 0.364. The molecular formula is C11H13FN2O4. The summed E-state index contributed by atoms with van der Waals surface area (Å²) in [4.78, 5) is 20.8. The number of halogens is 1. The summed E-state index contributed by atoms with van der Waals surface area (Å²) >= 11 is 0. The van der Waals surface area contributed by atoms with Crippen LogP contribution in [-0.2, 0) is 4.79 Å². The van der Waals surface area contributed by atoms with Crippen LogP contribution in [0.5, 0.6) is 0 Å². The van der Waals surface area contributed by atoms with Gasteiger partial charge in [0.2, 0.25) is 0 Å². The molecule has 0 aliphatic heterocycles. The maximum absolute atomic E-state index is 13.1. The molecule has 0 atom stereocenters. The van der Waals surface area contributed by atoms with Crippen molar-refractivity contribution in [3.63, 3.8) is 0 Å². The van der Waals surface area contributed by atoms with E-state index in [9.17, 15) is 19.3 Å². The second kappa shape index (κ2) is 4.99. The molecule has 0 amide bonds. The molecular weight excluding hydrogens is 243 g/mol. The molecule has 1 aromatic carbocycles. The van der Waals surface area contributed by atoms with E-state index in [-0.39, 0.29) is 17.8 Å². The van der Waals surface area contributed by atoms with E-state index in [0.29, 0.717) is 0 Å². The molecule has 0 unspecified atom stereocenters. The Morgan fingerprint density at radius 2 is 2.17 bits per heavy atom. The maximum Gasteiger partial charge on any atom is 0.305 e.